The molecule has 1 aromatic heterocycles. The van der Waals surface area contributed by atoms with Crippen molar-refractivity contribution in [1.82, 2.24) is 9.55 Å². The van der Waals surface area contributed by atoms with Gasteiger partial charge in [-0.1, -0.05) is 20.8 Å². The van der Waals surface area contributed by atoms with Crippen molar-refractivity contribution in [3.8, 4) is 0 Å². The number of aldehydes is 1. The number of aliphatic hydroxyl groups excluding tert-OH is 1. The summed E-state index contributed by atoms with van der Waals surface area (Å²) in [7, 11) is 0. The summed E-state index contributed by atoms with van der Waals surface area (Å²) in [6.07, 6.45) is 17.0. The highest BCUT2D eigenvalue weighted by Gasteiger charge is 2.60. The molecule has 5 heteroatoms. The number of imidazole rings is 1. The normalized spacial score (nSPS) is 46.2. The van der Waals surface area contributed by atoms with Gasteiger partial charge in [0.25, 0.3) is 0 Å². The topological polar surface area (TPSA) is 75.3 Å². The average Bonchev–Trinajstić information content (AvgIpc) is 3.37. The second-order valence-electron chi connectivity index (χ2n) is 11.7. The number of aromatic nitrogens is 2. The molecular formula is C26H42N2O3. The predicted octanol–water partition coefficient (Wildman–Crippen LogP) is 4.47. The van der Waals surface area contributed by atoms with E-state index in [2.05, 4.69) is 25.8 Å². The molecule has 4 fully saturated rings. The van der Waals surface area contributed by atoms with Crippen molar-refractivity contribution in [2.45, 2.75) is 90.7 Å². The molecule has 4 aliphatic carbocycles. The minimum absolute atomic E-state index is 0.0497. The van der Waals surface area contributed by atoms with E-state index < -0.39 is 5.60 Å². The van der Waals surface area contributed by atoms with Crippen LogP contribution >= 0.6 is 0 Å². The van der Waals surface area contributed by atoms with Gasteiger partial charge >= 0.3 is 0 Å². The van der Waals surface area contributed by atoms with Gasteiger partial charge in [0, 0.05) is 12.4 Å². The fourth-order valence-corrected chi connectivity index (χ4v) is 8.21. The van der Waals surface area contributed by atoms with Crippen LogP contribution in [-0.4, -0.2) is 38.3 Å². The van der Waals surface area contributed by atoms with Crippen LogP contribution in [0.1, 0.15) is 78.6 Å². The maximum atomic E-state index is 10.6. The molecule has 0 saturated heterocycles. The first kappa shape index (κ1) is 23.0. The zero-order valence-corrected chi connectivity index (χ0v) is 19.7. The molecule has 0 aliphatic heterocycles. The summed E-state index contributed by atoms with van der Waals surface area (Å²) in [4.78, 5) is 13.6. The largest absolute Gasteiger partial charge is 0.393 e. The van der Waals surface area contributed by atoms with Crippen LogP contribution in [0.5, 0.6) is 0 Å². The molecule has 0 spiro atoms. The second-order valence-corrected chi connectivity index (χ2v) is 11.7. The lowest BCUT2D eigenvalue weighted by molar-refractivity contribution is -0.159. The average molecular weight is 431 g/mol. The van der Waals surface area contributed by atoms with E-state index in [1.54, 1.807) is 23.3 Å². The van der Waals surface area contributed by atoms with Crippen LogP contribution in [0.4, 0.5) is 0 Å². The van der Waals surface area contributed by atoms with Crippen LogP contribution < -0.4 is 0 Å². The summed E-state index contributed by atoms with van der Waals surface area (Å²) in [5.41, 5.74) is 0.227. The molecule has 2 N–H and O–H groups in total. The van der Waals surface area contributed by atoms with E-state index in [1.807, 2.05) is 0 Å². The summed E-state index contributed by atoms with van der Waals surface area (Å²) < 4.78 is 1.70. The lowest BCUT2D eigenvalue weighted by atomic mass is 9.44. The van der Waals surface area contributed by atoms with Crippen molar-refractivity contribution in [3.63, 3.8) is 0 Å². The van der Waals surface area contributed by atoms with Crippen molar-refractivity contribution >= 4 is 6.29 Å². The quantitative estimate of drug-likeness (QED) is 0.694. The molecule has 4 aliphatic rings. The summed E-state index contributed by atoms with van der Waals surface area (Å²) in [5.74, 6) is 4.28. The number of hydrogen-bond donors (Lipinski definition) is 2. The third-order valence-electron chi connectivity index (χ3n) is 10.4. The molecule has 0 bridgehead atoms. The first-order valence-electron chi connectivity index (χ1n) is 12.5. The zero-order valence-electron chi connectivity index (χ0n) is 19.7. The molecule has 1 aromatic rings. The van der Waals surface area contributed by atoms with Crippen molar-refractivity contribution in [2.75, 3.05) is 6.61 Å². The molecule has 5 nitrogen and oxygen atoms in total. The fourth-order valence-electron chi connectivity index (χ4n) is 8.21. The monoisotopic (exact) mass is 430 g/mol. The Hall–Kier alpha value is -1.20. The first-order chi connectivity index (χ1) is 14.8. The SMILES string of the molecule is C[C@H]1CCC2C3CC[C@H]4C[C@@](O)(CO)CC[C@]4(C)C3CC[C@@]21C.O=CCn1ccnc1. The molecule has 5 rings (SSSR count). The number of fused-ring (bicyclic) bond motifs is 5. The van der Waals surface area contributed by atoms with Gasteiger partial charge in [0.1, 0.15) is 6.29 Å². The van der Waals surface area contributed by atoms with Gasteiger partial charge in [-0.05, 0) is 98.2 Å². The molecule has 0 amide bonds. The maximum Gasteiger partial charge on any atom is 0.139 e. The Morgan fingerprint density at radius 2 is 1.84 bits per heavy atom. The molecule has 174 valence electrons. The number of carbonyl (C=O) groups is 1. The molecular weight excluding hydrogens is 388 g/mol. The lowest BCUT2D eigenvalue weighted by Crippen LogP contribution is -2.56. The van der Waals surface area contributed by atoms with Crippen LogP contribution in [0.15, 0.2) is 18.7 Å². The Balaban J connectivity index is 0.000000245. The van der Waals surface area contributed by atoms with Crippen molar-refractivity contribution in [3.05, 3.63) is 18.7 Å². The number of aliphatic hydroxyl groups is 2. The number of hydrogen-bond acceptors (Lipinski definition) is 4. The van der Waals surface area contributed by atoms with Crippen molar-refractivity contribution < 1.29 is 15.0 Å². The smallest absolute Gasteiger partial charge is 0.139 e. The van der Waals surface area contributed by atoms with E-state index in [-0.39, 0.29) is 6.61 Å². The number of nitrogens with zero attached hydrogens (tertiary/aromatic N) is 2. The molecule has 0 radical (unpaired) electrons. The Bertz CT molecular complexity index is 752. The van der Waals surface area contributed by atoms with Gasteiger partial charge in [0.15, 0.2) is 0 Å². The van der Waals surface area contributed by atoms with Gasteiger partial charge in [0.05, 0.1) is 25.1 Å². The van der Waals surface area contributed by atoms with Crippen LogP contribution in [0.3, 0.4) is 0 Å². The van der Waals surface area contributed by atoms with Gasteiger partial charge in [-0.2, -0.15) is 0 Å². The molecule has 0 aromatic carbocycles. The van der Waals surface area contributed by atoms with Gasteiger partial charge in [-0.3, -0.25) is 0 Å². The molecule has 1 heterocycles. The van der Waals surface area contributed by atoms with Crippen LogP contribution in [0.25, 0.3) is 0 Å². The van der Waals surface area contributed by atoms with E-state index >= 15 is 0 Å². The highest BCUT2D eigenvalue weighted by molar-refractivity contribution is 5.48. The van der Waals surface area contributed by atoms with Gasteiger partial charge in [-0.25, -0.2) is 4.98 Å². The fraction of sp³-hybridized carbons (Fsp3) is 0.846. The van der Waals surface area contributed by atoms with Crippen molar-refractivity contribution in [2.24, 2.45) is 40.4 Å². The molecule has 3 unspecified atom stereocenters. The van der Waals surface area contributed by atoms with Gasteiger partial charge in [0.2, 0.25) is 0 Å². The summed E-state index contributed by atoms with van der Waals surface area (Å²) in [5, 5.41) is 20.2. The standard InChI is InChI=1S/C21H36O2.C5H6N2O/c1-14-4-7-17-16-6-5-15-12-21(23,13-22)11-10-20(15,3)18(16)8-9-19(14,17)2;8-4-3-7-2-1-6-5-7/h14-18,22-23H,4-13H2,1-3H3;1-2,4-5H,3H2/t14-,15-,16?,17?,18?,19+,20-,21+;/m0./s1. The van der Waals surface area contributed by atoms with Crippen LogP contribution in [0.2, 0.25) is 0 Å². The van der Waals surface area contributed by atoms with Gasteiger partial charge < -0.3 is 19.6 Å². The summed E-state index contributed by atoms with van der Waals surface area (Å²) >= 11 is 0. The Morgan fingerprint density at radius 3 is 2.52 bits per heavy atom. The predicted molar refractivity (Wildman–Crippen MR) is 121 cm³/mol. The lowest BCUT2D eigenvalue weighted by Gasteiger charge is -2.62. The van der Waals surface area contributed by atoms with Crippen LogP contribution in [0, 0.1) is 40.4 Å². The van der Waals surface area contributed by atoms with E-state index in [4.69, 9.17) is 0 Å². The zero-order chi connectivity index (χ0) is 22.3. The van der Waals surface area contributed by atoms with E-state index in [0.29, 0.717) is 23.3 Å². The third kappa shape index (κ3) is 4.01. The Morgan fingerprint density at radius 1 is 1.06 bits per heavy atom. The number of rotatable bonds is 3. The maximum absolute atomic E-state index is 10.6. The first-order valence-corrected chi connectivity index (χ1v) is 12.5. The van der Waals surface area contributed by atoms with E-state index in [1.165, 1.54) is 38.5 Å². The highest BCUT2D eigenvalue weighted by atomic mass is 16.3. The summed E-state index contributed by atoms with van der Waals surface area (Å²) in [6.45, 7) is 7.97. The molecule has 31 heavy (non-hydrogen) atoms. The molecule has 4 saturated carbocycles. The van der Waals surface area contributed by atoms with E-state index in [9.17, 15) is 15.0 Å². The third-order valence-corrected chi connectivity index (χ3v) is 10.4. The van der Waals surface area contributed by atoms with Crippen molar-refractivity contribution in [1.29, 1.82) is 0 Å². The Kier molecular flexibility index (Phi) is 6.39. The highest BCUT2D eigenvalue weighted by Crippen LogP contribution is 2.67. The Labute approximate surface area is 187 Å². The van der Waals surface area contributed by atoms with Gasteiger partial charge in [-0.15, -0.1) is 0 Å². The summed E-state index contributed by atoms with van der Waals surface area (Å²) in [6, 6.07) is 0. The minimum Gasteiger partial charge on any atom is -0.393 e. The number of carbonyl (C=O) groups excluding carboxylic acids is 1. The molecule has 8 atom stereocenters. The van der Waals surface area contributed by atoms with E-state index in [0.717, 1.165) is 49.2 Å². The van der Waals surface area contributed by atoms with Crippen LogP contribution in [-0.2, 0) is 11.3 Å². The minimum atomic E-state index is -0.790. The second kappa shape index (κ2) is 8.62.